The van der Waals surface area contributed by atoms with Crippen molar-refractivity contribution < 1.29 is 23.1 Å². The molecule has 4 rings (SSSR count). The Balaban J connectivity index is 1.87. The van der Waals surface area contributed by atoms with Crippen LogP contribution in [0.4, 0.5) is 20.2 Å². The zero-order chi connectivity index (χ0) is 22.1. The number of carbonyl (C=O) groups excluding carboxylic acids is 2. The third-order valence-corrected chi connectivity index (χ3v) is 4.91. The van der Waals surface area contributed by atoms with Gasteiger partial charge in [0, 0.05) is 17.3 Å². The fraction of sp³-hybridized carbons (Fsp3) is 0.0833. The van der Waals surface area contributed by atoms with Gasteiger partial charge < -0.3 is 10.1 Å². The molecule has 1 N–H and O–H groups in total. The predicted molar refractivity (Wildman–Crippen MR) is 114 cm³/mol. The van der Waals surface area contributed by atoms with Crippen LogP contribution in [0.25, 0.3) is 5.57 Å². The van der Waals surface area contributed by atoms with Gasteiger partial charge >= 0.3 is 0 Å². The molecule has 1 heterocycles. The summed E-state index contributed by atoms with van der Waals surface area (Å²) in [6.07, 6.45) is 0. The number of ether oxygens (including phenoxy) is 1. The largest absolute Gasteiger partial charge is 0.496 e. The number of methoxy groups -OCH3 is 1. The lowest BCUT2D eigenvalue weighted by molar-refractivity contribution is -0.120. The summed E-state index contributed by atoms with van der Waals surface area (Å²) >= 11 is 0. The number of hydrogen-bond acceptors (Lipinski definition) is 4. The van der Waals surface area contributed by atoms with Crippen molar-refractivity contribution in [1.29, 1.82) is 0 Å². The van der Waals surface area contributed by atoms with E-state index < -0.39 is 23.4 Å². The molecule has 1 aliphatic rings. The number of nitrogens with zero attached hydrogens (tertiary/aromatic N) is 1. The van der Waals surface area contributed by atoms with Gasteiger partial charge in [0.15, 0.2) is 11.6 Å². The molecule has 156 valence electrons. The Labute approximate surface area is 177 Å². The molecular formula is C24H18F2N2O3. The summed E-state index contributed by atoms with van der Waals surface area (Å²) in [5.41, 5.74) is 1.84. The molecule has 5 nitrogen and oxygen atoms in total. The highest BCUT2D eigenvalue weighted by atomic mass is 19.2. The summed E-state index contributed by atoms with van der Waals surface area (Å²) in [4.78, 5) is 27.8. The Morgan fingerprint density at radius 3 is 2.35 bits per heavy atom. The maximum absolute atomic E-state index is 13.7. The second-order valence-corrected chi connectivity index (χ2v) is 6.99. The van der Waals surface area contributed by atoms with E-state index in [1.54, 1.807) is 42.5 Å². The minimum atomic E-state index is -1.07. The van der Waals surface area contributed by atoms with Gasteiger partial charge in [-0.2, -0.15) is 0 Å². The molecule has 1 aliphatic heterocycles. The third kappa shape index (κ3) is 3.66. The van der Waals surface area contributed by atoms with Gasteiger partial charge in [-0.1, -0.05) is 30.3 Å². The van der Waals surface area contributed by atoms with Crippen LogP contribution < -0.4 is 15.0 Å². The number of amides is 2. The van der Waals surface area contributed by atoms with Crippen molar-refractivity contribution in [2.75, 3.05) is 17.3 Å². The minimum Gasteiger partial charge on any atom is -0.496 e. The molecule has 0 aromatic heterocycles. The van der Waals surface area contributed by atoms with Gasteiger partial charge in [-0.25, -0.2) is 13.7 Å². The second-order valence-electron chi connectivity index (χ2n) is 6.99. The van der Waals surface area contributed by atoms with Crippen LogP contribution in [0.3, 0.4) is 0 Å². The Morgan fingerprint density at radius 2 is 1.65 bits per heavy atom. The van der Waals surface area contributed by atoms with Gasteiger partial charge in [-0.15, -0.1) is 0 Å². The molecule has 0 atom stereocenters. The van der Waals surface area contributed by atoms with E-state index >= 15 is 0 Å². The van der Waals surface area contributed by atoms with Crippen LogP contribution in [0.1, 0.15) is 11.1 Å². The first-order chi connectivity index (χ1) is 14.9. The smallest absolute Gasteiger partial charge is 0.282 e. The lowest BCUT2D eigenvalue weighted by Crippen LogP contribution is -2.32. The van der Waals surface area contributed by atoms with E-state index in [-0.39, 0.29) is 17.0 Å². The number of para-hydroxylation sites is 1. The van der Waals surface area contributed by atoms with Gasteiger partial charge in [0.25, 0.3) is 11.8 Å². The SMILES string of the molecule is COc1ccccc1C1=C(Nc2ccc(F)c(F)c2)C(=O)N(c2cccc(C)c2)C1=O. The summed E-state index contributed by atoms with van der Waals surface area (Å²) in [7, 11) is 1.46. The Kier molecular flexibility index (Phi) is 5.25. The number of imide groups is 1. The average Bonchev–Trinajstić information content (AvgIpc) is 3.00. The summed E-state index contributed by atoms with van der Waals surface area (Å²) in [6, 6.07) is 16.9. The van der Waals surface area contributed by atoms with Crippen molar-refractivity contribution in [3.63, 3.8) is 0 Å². The van der Waals surface area contributed by atoms with E-state index in [2.05, 4.69) is 5.32 Å². The fourth-order valence-electron chi connectivity index (χ4n) is 3.47. The van der Waals surface area contributed by atoms with Crippen LogP contribution in [0.5, 0.6) is 5.75 Å². The molecule has 3 aromatic rings. The summed E-state index contributed by atoms with van der Waals surface area (Å²) in [6.45, 7) is 1.85. The van der Waals surface area contributed by atoms with Crippen LogP contribution in [-0.2, 0) is 9.59 Å². The van der Waals surface area contributed by atoms with Gasteiger partial charge in [0.2, 0.25) is 0 Å². The standard InChI is InChI=1S/C24H18F2N2O3/c1-14-6-5-7-16(12-14)28-23(29)21(17-8-3-4-9-20(17)31-2)22(24(28)30)27-15-10-11-18(25)19(26)13-15/h3-13,27H,1-2H3. The van der Waals surface area contributed by atoms with Gasteiger partial charge in [0.1, 0.15) is 11.4 Å². The molecule has 0 aliphatic carbocycles. The number of hydrogen-bond donors (Lipinski definition) is 1. The monoisotopic (exact) mass is 420 g/mol. The van der Waals surface area contributed by atoms with E-state index in [0.717, 1.165) is 22.6 Å². The predicted octanol–water partition coefficient (Wildman–Crippen LogP) is 4.68. The first kappa shape index (κ1) is 20.3. The Bertz CT molecular complexity index is 1240. The number of aryl methyl sites for hydroxylation is 1. The van der Waals surface area contributed by atoms with Crippen molar-refractivity contribution >= 4 is 28.8 Å². The van der Waals surface area contributed by atoms with E-state index in [4.69, 9.17) is 4.74 Å². The molecule has 2 amide bonds. The second kappa shape index (κ2) is 8.02. The number of benzene rings is 3. The third-order valence-electron chi connectivity index (χ3n) is 4.91. The van der Waals surface area contributed by atoms with Gasteiger partial charge in [0.05, 0.1) is 18.4 Å². The molecule has 3 aromatic carbocycles. The van der Waals surface area contributed by atoms with Crippen molar-refractivity contribution in [3.8, 4) is 5.75 Å². The van der Waals surface area contributed by atoms with Crippen molar-refractivity contribution in [2.24, 2.45) is 0 Å². The van der Waals surface area contributed by atoms with E-state index in [9.17, 15) is 18.4 Å². The zero-order valence-electron chi connectivity index (χ0n) is 16.8. The highest BCUT2D eigenvalue weighted by molar-refractivity contribution is 6.46. The van der Waals surface area contributed by atoms with Crippen LogP contribution in [0.2, 0.25) is 0 Å². The topological polar surface area (TPSA) is 58.6 Å². The molecule has 7 heteroatoms. The number of nitrogens with one attached hydrogen (secondary N) is 1. The van der Waals surface area contributed by atoms with E-state index in [1.165, 1.54) is 13.2 Å². The first-order valence-corrected chi connectivity index (χ1v) is 9.46. The maximum Gasteiger partial charge on any atom is 0.282 e. The fourth-order valence-corrected chi connectivity index (χ4v) is 3.47. The molecular weight excluding hydrogens is 402 g/mol. The number of carbonyl (C=O) groups is 2. The van der Waals surface area contributed by atoms with Crippen LogP contribution in [0, 0.1) is 18.6 Å². The minimum absolute atomic E-state index is 0.0537. The van der Waals surface area contributed by atoms with Crippen molar-refractivity contribution in [1.82, 2.24) is 0 Å². The molecule has 0 radical (unpaired) electrons. The van der Waals surface area contributed by atoms with E-state index in [0.29, 0.717) is 17.0 Å². The van der Waals surface area contributed by atoms with Gasteiger partial charge in [-0.05, 0) is 42.8 Å². The first-order valence-electron chi connectivity index (χ1n) is 9.46. The highest BCUT2D eigenvalue weighted by Crippen LogP contribution is 2.37. The van der Waals surface area contributed by atoms with Gasteiger partial charge in [-0.3, -0.25) is 9.59 Å². The van der Waals surface area contributed by atoms with Crippen LogP contribution >= 0.6 is 0 Å². The lowest BCUT2D eigenvalue weighted by atomic mass is 10.0. The summed E-state index contributed by atoms with van der Waals surface area (Å²) < 4.78 is 32.5. The van der Waals surface area contributed by atoms with Crippen molar-refractivity contribution in [3.05, 3.63) is 95.2 Å². The highest BCUT2D eigenvalue weighted by Gasteiger charge is 2.41. The maximum atomic E-state index is 13.7. The van der Waals surface area contributed by atoms with Crippen LogP contribution in [0.15, 0.2) is 72.4 Å². The zero-order valence-corrected chi connectivity index (χ0v) is 16.8. The molecule has 31 heavy (non-hydrogen) atoms. The number of halogens is 2. The summed E-state index contributed by atoms with van der Waals surface area (Å²) in [5.74, 6) is -2.85. The van der Waals surface area contributed by atoms with Crippen molar-refractivity contribution in [2.45, 2.75) is 6.92 Å². The molecule has 0 saturated carbocycles. The Morgan fingerprint density at radius 1 is 0.871 bits per heavy atom. The molecule has 0 spiro atoms. The molecule has 0 unspecified atom stereocenters. The quantitative estimate of drug-likeness (QED) is 0.609. The normalized spacial score (nSPS) is 13.7. The average molecular weight is 420 g/mol. The number of anilines is 2. The lowest BCUT2D eigenvalue weighted by Gasteiger charge is -2.16. The van der Waals surface area contributed by atoms with Crippen LogP contribution in [-0.4, -0.2) is 18.9 Å². The molecule has 0 bridgehead atoms. The van der Waals surface area contributed by atoms with E-state index in [1.807, 2.05) is 13.0 Å². The summed E-state index contributed by atoms with van der Waals surface area (Å²) in [5, 5.41) is 2.81. The Hall–Kier alpha value is -4.00. The number of rotatable bonds is 5. The molecule has 0 saturated heterocycles. The molecule has 0 fully saturated rings.